The largest absolute Gasteiger partial charge is 0.444 e. The van der Waals surface area contributed by atoms with Gasteiger partial charge in [0, 0.05) is 18.8 Å². The molecule has 1 aliphatic rings. The quantitative estimate of drug-likeness (QED) is 0.777. The molecule has 0 atom stereocenters. The summed E-state index contributed by atoms with van der Waals surface area (Å²) in [5.74, 6) is 0. The number of benzene rings is 1. The summed E-state index contributed by atoms with van der Waals surface area (Å²) in [7, 11) is 0. The molecule has 0 fully saturated rings. The number of hydrogen-bond acceptors (Lipinski definition) is 2. The van der Waals surface area contributed by atoms with Gasteiger partial charge in [-0.05, 0) is 18.1 Å². The molecule has 1 heterocycles. The molecule has 0 bridgehead atoms. The van der Waals surface area contributed by atoms with Crippen LogP contribution in [-0.2, 0) is 11.3 Å². The van der Waals surface area contributed by atoms with Crippen molar-refractivity contribution < 1.29 is 9.53 Å². The van der Waals surface area contributed by atoms with Crippen molar-refractivity contribution >= 4 is 6.09 Å². The Balaban J connectivity index is 1.90. The first-order valence-corrected chi connectivity index (χ1v) is 5.45. The van der Waals surface area contributed by atoms with E-state index in [9.17, 15) is 4.79 Å². The van der Waals surface area contributed by atoms with Crippen LogP contribution in [0.3, 0.4) is 0 Å². The van der Waals surface area contributed by atoms with Crippen LogP contribution < -0.4 is 0 Å². The zero-order valence-electron chi connectivity index (χ0n) is 9.67. The molecule has 0 unspecified atom stereocenters. The predicted octanol–water partition coefficient (Wildman–Crippen LogP) is 3.26. The molecular weight excluding hydrogens is 214 g/mol. The minimum Gasteiger partial charge on any atom is -0.444 e. The molecule has 0 aliphatic carbocycles. The van der Waals surface area contributed by atoms with Crippen LogP contribution in [0.5, 0.6) is 0 Å². The van der Waals surface area contributed by atoms with Crippen LogP contribution >= 0.6 is 0 Å². The zero-order valence-corrected chi connectivity index (χ0v) is 9.67. The monoisotopic (exact) mass is 228 g/mol. The molecular formula is C14H14NO2. The summed E-state index contributed by atoms with van der Waals surface area (Å²) in [6, 6.07) is 9.62. The van der Waals surface area contributed by atoms with Gasteiger partial charge in [-0.25, -0.2) is 4.79 Å². The molecule has 0 N–H and O–H groups in total. The third-order valence-electron chi connectivity index (χ3n) is 2.36. The van der Waals surface area contributed by atoms with Crippen LogP contribution in [0, 0.1) is 6.42 Å². The molecule has 0 saturated heterocycles. The van der Waals surface area contributed by atoms with Gasteiger partial charge in [0.25, 0.3) is 0 Å². The lowest BCUT2D eigenvalue weighted by Crippen LogP contribution is -2.22. The van der Waals surface area contributed by atoms with Crippen LogP contribution in [0.25, 0.3) is 0 Å². The van der Waals surface area contributed by atoms with Gasteiger partial charge in [0.05, 0.1) is 0 Å². The van der Waals surface area contributed by atoms with E-state index in [1.165, 1.54) is 4.90 Å². The number of allylic oxidation sites excluding steroid dienone is 2. The minimum absolute atomic E-state index is 0.292. The molecule has 1 aromatic rings. The Morgan fingerprint density at radius 2 is 2.06 bits per heavy atom. The highest BCUT2D eigenvalue weighted by Gasteiger charge is 2.12. The van der Waals surface area contributed by atoms with Crippen LogP contribution in [0.4, 0.5) is 4.79 Å². The van der Waals surface area contributed by atoms with E-state index in [-0.39, 0.29) is 6.09 Å². The Morgan fingerprint density at radius 3 is 2.76 bits per heavy atom. The Kier molecular flexibility index (Phi) is 3.60. The van der Waals surface area contributed by atoms with Crippen LogP contribution in [0.15, 0.2) is 54.4 Å². The Morgan fingerprint density at radius 1 is 1.29 bits per heavy atom. The first kappa shape index (κ1) is 11.5. The first-order chi connectivity index (χ1) is 8.25. The zero-order chi connectivity index (χ0) is 12.1. The Bertz CT molecular complexity index is 449. The van der Waals surface area contributed by atoms with E-state index < -0.39 is 0 Å². The minimum atomic E-state index is -0.363. The van der Waals surface area contributed by atoms with Gasteiger partial charge < -0.3 is 4.74 Å². The number of nitrogens with zero attached hydrogens (tertiary/aromatic N) is 1. The van der Waals surface area contributed by atoms with Crippen molar-refractivity contribution in [2.75, 3.05) is 0 Å². The summed E-state index contributed by atoms with van der Waals surface area (Å²) in [4.78, 5) is 13.2. The van der Waals surface area contributed by atoms with E-state index in [0.717, 1.165) is 11.1 Å². The summed E-state index contributed by atoms with van der Waals surface area (Å²) in [6.45, 7) is 2.22. The van der Waals surface area contributed by atoms with Crippen molar-refractivity contribution in [3.05, 3.63) is 66.4 Å². The second-order valence-electron chi connectivity index (χ2n) is 3.83. The van der Waals surface area contributed by atoms with Crippen LogP contribution in [0.1, 0.15) is 12.5 Å². The van der Waals surface area contributed by atoms with E-state index in [1.54, 1.807) is 12.4 Å². The second kappa shape index (κ2) is 5.34. The molecule has 1 aliphatic heterocycles. The molecule has 1 aromatic carbocycles. The van der Waals surface area contributed by atoms with E-state index >= 15 is 0 Å². The van der Waals surface area contributed by atoms with Crippen molar-refractivity contribution in [1.29, 1.82) is 0 Å². The lowest BCUT2D eigenvalue weighted by atomic mass is 10.2. The van der Waals surface area contributed by atoms with Gasteiger partial charge in [-0.3, -0.25) is 4.90 Å². The van der Waals surface area contributed by atoms with E-state index in [4.69, 9.17) is 4.74 Å². The summed E-state index contributed by atoms with van der Waals surface area (Å²) in [5.41, 5.74) is 2.00. The van der Waals surface area contributed by atoms with Gasteiger partial charge in [0.1, 0.15) is 6.61 Å². The molecule has 17 heavy (non-hydrogen) atoms. The summed E-state index contributed by atoms with van der Waals surface area (Å²) in [5, 5.41) is 0. The highest BCUT2D eigenvalue weighted by Crippen LogP contribution is 2.12. The number of ether oxygens (including phenoxy) is 1. The van der Waals surface area contributed by atoms with Crippen molar-refractivity contribution in [2.45, 2.75) is 13.5 Å². The number of rotatable bonds is 2. The van der Waals surface area contributed by atoms with Gasteiger partial charge in [0.2, 0.25) is 0 Å². The predicted molar refractivity (Wildman–Crippen MR) is 65.7 cm³/mol. The Hall–Kier alpha value is -2.03. The normalized spacial score (nSPS) is 14.4. The summed E-state index contributed by atoms with van der Waals surface area (Å²) in [6.07, 6.45) is 6.81. The number of hydrogen-bond donors (Lipinski definition) is 0. The molecule has 87 valence electrons. The fourth-order valence-corrected chi connectivity index (χ4v) is 1.50. The first-order valence-electron chi connectivity index (χ1n) is 5.45. The van der Waals surface area contributed by atoms with Gasteiger partial charge in [-0.1, -0.05) is 36.4 Å². The third-order valence-corrected chi connectivity index (χ3v) is 2.36. The van der Waals surface area contributed by atoms with Crippen molar-refractivity contribution in [2.24, 2.45) is 0 Å². The maximum absolute atomic E-state index is 11.7. The fourth-order valence-electron chi connectivity index (χ4n) is 1.50. The van der Waals surface area contributed by atoms with Gasteiger partial charge >= 0.3 is 6.09 Å². The summed E-state index contributed by atoms with van der Waals surface area (Å²) < 4.78 is 5.19. The maximum atomic E-state index is 11.7. The van der Waals surface area contributed by atoms with Gasteiger partial charge in [-0.15, -0.1) is 0 Å². The van der Waals surface area contributed by atoms with Crippen molar-refractivity contribution in [1.82, 2.24) is 4.90 Å². The second-order valence-corrected chi connectivity index (χ2v) is 3.83. The number of carbonyl (C=O) groups excluding carboxylic acids is 1. The molecule has 3 heteroatoms. The molecule has 0 saturated carbocycles. The van der Waals surface area contributed by atoms with Gasteiger partial charge in [0.15, 0.2) is 0 Å². The SMILES string of the molecule is CC1=CN(C(=O)OCc2ccccc2)C=C[CH]1. The smallest absolute Gasteiger partial charge is 0.418 e. The van der Waals surface area contributed by atoms with Crippen molar-refractivity contribution in [3.63, 3.8) is 0 Å². The lowest BCUT2D eigenvalue weighted by molar-refractivity contribution is 0.121. The summed E-state index contributed by atoms with van der Waals surface area (Å²) >= 11 is 0. The Labute approximate surface area is 101 Å². The highest BCUT2D eigenvalue weighted by molar-refractivity contribution is 5.71. The topological polar surface area (TPSA) is 29.5 Å². The molecule has 3 nitrogen and oxygen atoms in total. The average Bonchev–Trinajstić information content (AvgIpc) is 2.37. The van der Waals surface area contributed by atoms with E-state index in [2.05, 4.69) is 0 Å². The van der Waals surface area contributed by atoms with Crippen LogP contribution in [0.2, 0.25) is 0 Å². The molecule has 0 spiro atoms. The third kappa shape index (κ3) is 3.21. The molecule has 0 aromatic heterocycles. The maximum Gasteiger partial charge on any atom is 0.418 e. The van der Waals surface area contributed by atoms with Crippen molar-refractivity contribution in [3.8, 4) is 0 Å². The molecule has 1 amide bonds. The number of carbonyl (C=O) groups is 1. The molecule has 1 radical (unpaired) electrons. The number of amides is 1. The lowest BCUT2D eigenvalue weighted by Gasteiger charge is -2.17. The highest BCUT2D eigenvalue weighted by atomic mass is 16.6. The molecule has 2 rings (SSSR count). The van der Waals surface area contributed by atoms with E-state index in [0.29, 0.717) is 6.61 Å². The standard InChI is InChI=1S/C14H14NO2/c1-12-6-5-9-15(10-12)14(16)17-11-13-7-3-2-4-8-13/h2-10H,11H2,1H3. The fraction of sp³-hybridized carbons (Fsp3) is 0.143. The average molecular weight is 228 g/mol. The van der Waals surface area contributed by atoms with Crippen LogP contribution in [-0.4, -0.2) is 11.0 Å². The van der Waals surface area contributed by atoms with Gasteiger partial charge in [-0.2, -0.15) is 0 Å². The van der Waals surface area contributed by atoms with E-state index in [1.807, 2.05) is 49.8 Å².